The van der Waals surface area contributed by atoms with Crippen LogP contribution in [0.4, 0.5) is 5.69 Å². The molecule has 0 fully saturated rings. The summed E-state index contributed by atoms with van der Waals surface area (Å²) in [4.78, 5) is 13.8. The molecule has 0 amide bonds. The number of nitro groups is 1. The fraction of sp³-hybridized carbons (Fsp3) is 0.200. The Hall–Kier alpha value is -1.83. The maximum Gasteiger partial charge on any atom is 0.327 e. The second kappa shape index (κ2) is 2.84. The van der Waals surface area contributed by atoms with Crippen LogP contribution in [0.1, 0.15) is 5.69 Å². The Bertz CT molecular complexity index is 522. The number of rotatable bonds is 1. The van der Waals surface area contributed by atoms with Gasteiger partial charge in [0, 0.05) is 0 Å². The van der Waals surface area contributed by atoms with E-state index in [-0.39, 0.29) is 22.3 Å². The Morgan fingerprint density at radius 3 is 2.93 bits per heavy atom. The highest BCUT2D eigenvalue weighted by atomic mass is 35.5. The van der Waals surface area contributed by atoms with Gasteiger partial charge < -0.3 is 0 Å². The molecule has 0 atom stereocenters. The Kier molecular flexibility index (Phi) is 1.78. The average molecular weight is 215 g/mol. The van der Waals surface area contributed by atoms with Crippen molar-refractivity contribution in [2.24, 2.45) is 0 Å². The first-order valence-electron chi connectivity index (χ1n) is 3.50. The Morgan fingerprint density at radius 2 is 2.29 bits per heavy atom. The third-order valence-corrected chi connectivity index (χ3v) is 1.97. The van der Waals surface area contributed by atoms with Crippen molar-refractivity contribution in [1.82, 2.24) is 25.0 Å². The van der Waals surface area contributed by atoms with E-state index in [1.807, 2.05) is 0 Å². The summed E-state index contributed by atoms with van der Waals surface area (Å²) >= 11 is 5.72. The highest BCUT2D eigenvalue weighted by molar-refractivity contribution is 6.31. The topological polar surface area (TPSA) is 99.1 Å². The van der Waals surface area contributed by atoms with Crippen molar-refractivity contribution in [1.29, 1.82) is 0 Å². The summed E-state index contributed by atoms with van der Waals surface area (Å²) < 4.78 is 1.01. The molecule has 2 aromatic heterocycles. The van der Waals surface area contributed by atoms with Crippen LogP contribution in [0, 0.1) is 17.0 Å². The van der Waals surface area contributed by atoms with Gasteiger partial charge in [-0.05, 0) is 17.4 Å². The molecule has 72 valence electrons. The van der Waals surface area contributed by atoms with Gasteiger partial charge in [0.25, 0.3) is 5.78 Å². The summed E-state index contributed by atoms with van der Waals surface area (Å²) in [5.74, 6) is 0.137. The van der Waals surface area contributed by atoms with Crippen LogP contribution in [0.25, 0.3) is 5.78 Å². The Labute approximate surface area is 81.7 Å². The highest BCUT2D eigenvalue weighted by Crippen LogP contribution is 2.25. The molecule has 0 bridgehead atoms. The number of nitrogens with zero attached hydrogens (tertiary/aromatic N) is 6. The summed E-state index contributed by atoms with van der Waals surface area (Å²) in [6.45, 7) is 1.47. The van der Waals surface area contributed by atoms with Gasteiger partial charge in [-0.25, -0.2) is 4.98 Å². The third-order valence-electron chi connectivity index (χ3n) is 1.63. The van der Waals surface area contributed by atoms with Gasteiger partial charge >= 0.3 is 5.69 Å². The maximum atomic E-state index is 10.6. The molecular formula is C5H3ClN6O2. The lowest BCUT2D eigenvalue weighted by Gasteiger charge is -1.98. The second-order valence-electron chi connectivity index (χ2n) is 2.48. The number of hydrogen-bond donors (Lipinski definition) is 0. The minimum Gasteiger partial charge on any atom is -0.258 e. The van der Waals surface area contributed by atoms with Crippen LogP contribution in [0.5, 0.6) is 0 Å². The molecule has 0 saturated heterocycles. The van der Waals surface area contributed by atoms with Crippen molar-refractivity contribution in [2.45, 2.75) is 6.92 Å². The fourth-order valence-electron chi connectivity index (χ4n) is 1.04. The quantitative estimate of drug-likeness (QED) is 0.387. The van der Waals surface area contributed by atoms with Gasteiger partial charge in [-0.3, -0.25) is 10.1 Å². The first-order valence-corrected chi connectivity index (χ1v) is 3.87. The minimum absolute atomic E-state index is 0.137. The molecule has 0 N–H and O–H groups in total. The summed E-state index contributed by atoms with van der Waals surface area (Å²) in [5, 5.41) is 20.7. The Morgan fingerprint density at radius 1 is 1.57 bits per heavy atom. The van der Waals surface area contributed by atoms with Gasteiger partial charge in [-0.15, -0.1) is 0 Å². The number of hydrogen-bond acceptors (Lipinski definition) is 6. The van der Waals surface area contributed by atoms with Crippen molar-refractivity contribution in [3.05, 3.63) is 21.0 Å². The summed E-state index contributed by atoms with van der Waals surface area (Å²) in [7, 11) is 0. The van der Waals surface area contributed by atoms with Crippen LogP contribution in [-0.4, -0.2) is 29.9 Å². The molecule has 8 nitrogen and oxygen atoms in total. The van der Waals surface area contributed by atoms with Gasteiger partial charge in [-0.2, -0.15) is 4.52 Å². The zero-order valence-electron chi connectivity index (χ0n) is 6.88. The summed E-state index contributed by atoms with van der Waals surface area (Å²) in [5.41, 5.74) is -0.103. The predicted octanol–water partition coefficient (Wildman–Crippen LogP) is 0.389. The average Bonchev–Trinajstić information content (AvgIpc) is 2.50. The van der Waals surface area contributed by atoms with Crippen LogP contribution in [-0.2, 0) is 0 Å². The van der Waals surface area contributed by atoms with Crippen LogP contribution in [0.3, 0.4) is 0 Å². The smallest absolute Gasteiger partial charge is 0.258 e. The lowest BCUT2D eigenvalue weighted by Crippen LogP contribution is -2.02. The Balaban J connectivity index is 2.89. The molecule has 2 heterocycles. The molecule has 0 aliphatic heterocycles. The number of fused-ring (bicyclic) bond motifs is 1. The van der Waals surface area contributed by atoms with E-state index in [2.05, 4.69) is 20.5 Å². The van der Waals surface area contributed by atoms with E-state index in [9.17, 15) is 10.1 Å². The first kappa shape index (κ1) is 8.75. The van der Waals surface area contributed by atoms with E-state index in [1.165, 1.54) is 6.92 Å². The first-order chi connectivity index (χ1) is 6.61. The maximum absolute atomic E-state index is 10.6. The lowest BCUT2D eigenvalue weighted by atomic mass is 10.4. The predicted molar refractivity (Wildman–Crippen MR) is 45.0 cm³/mol. The van der Waals surface area contributed by atoms with Crippen molar-refractivity contribution in [3.8, 4) is 0 Å². The van der Waals surface area contributed by atoms with Crippen molar-refractivity contribution in [3.63, 3.8) is 0 Å². The molecule has 0 radical (unpaired) electrons. The number of tetrazole rings is 1. The molecule has 9 heteroatoms. The van der Waals surface area contributed by atoms with E-state index in [1.54, 1.807) is 0 Å². The van der Waals surface area contributed by atoms with Gasteiger partial charge in [0.2, 0.25) is 5.15 Å². The van der Waals surface area contributed by atoms with Crippen LogP contribution in [0.2, 0.25) is 5.15 Å². The molecular weight excluding hydrogens is 212 g/mol. The van der Waals surface area contributed by atoms with Gasteiger partial charge in [-0.1, -0.05) is 16.7 Å². The molecule has 2 aromatic rings. The molecule has 14 heavy (non-hydrogen) atoms. The number of aromatic nitrogens is 5. The van der Waals surface area contributed by atoms with E-state index in [0.29, 0.717) is 0 Å². The van der Waals surface area contributed by atoms with E-state index in [0.717, 1.165) is 4.52 Å². The third kappa shape index (κ3) is 1.08. The molecule has 0 saturated carbocycles. The number of aryl methyl sites for hydroxylation is 1. The van der Waals surface area contributed by atoms with Gasteiger partial charge in [0.1, 0.15) is 5.69 Å². The van der Waals surface area contributed by atoms with E-state index in [4.69, 9.17) is 11.6 Å². The fourth-order valence-corrected chi connectivity index (χ4v) is 1.35. The van der Waals surface area contributed by atoms with Crippen LogP contribution in [0.15, 0.2) is 0 Å². The second-order valence-corrected chi connectivity index (χ2v) is 2.84. The molecule has 0 aromatic carbocycles. The normalized spacial score (nSPS) is 10.7. The standard InChI is InChI=1S/C5H3ClN6O2/c1-2-3(12(13)14)4(6)11-5(7-2)8-9-10-11/h1H3. The molecule has 0 spiro atoms. The molecule has 0 aliphatic rings. The largest absolute Gasteiger partial charge is 0.327 e. The van der Waals surface area contributed by atoms with Crippen molar-refractivity contribution < 1.29 is 4.92 Å². The van der Waals surface area contributed by atoms with Crippen LogP contribution >= 0.6 is 11.6 Å². The lowest BCUT2D eigenvalue weighted by molar-refractivity contribution is -0.386. The zero-order chi connectivity index (χ0) is 10.3. The van der Waals surface area contributed by atoms with Crippen molar-refractivity contribution >= 4 is 23.1 Å². The summed E-state index contributed by atoms with van der Waals surface area (Å²) in [6.07, 6.45) is 0. The van der Waals surface area contributed by atoms with E-state index >= 15 is 0 Å². The molecule has 0 unspecified atom stereocenters. The van der Waals surface area contributed by atoms with E-state index < -0.39 is 4.92 Å². The molecule has 2 rings (SSSR count). The summed E-state index contributed by atoms with van der Waals surface area (Å²) in [6, 6.07) is 0. The van der Waals surface area contributed by atoms with Gasteiger partial charge in [0.15, 0.2) is 0 Å². The molecule has 0 aliphatic carbocycles. The van der Waals surface area contributed by atoms with Gasteiger partial charge in [0.05, 0.1) is 4.92 Å². The van der Waals surface area contributed by atoms with Crippen LogP contribution < -0.4 is 0 Å². The zero-order valence-corrected chi connectivity index (χ0v) is 7.63. The van der Waals surface area contributed by atoms with Crippen molar-refractivity contribution in [2.75, 3.05) is 0 Å². The highest BCUT2D eigenvalue weighted by Gasteiger charge is 2.22. The monoisotopic (exact) mass is 214 g/mol. The number of halogens is 1. The SMILES string of the molecule is Cc1nc2nnnn2c(Cl)c1[N+](=O)[O-]. The minimum atomic E-state index is -0.619.